The Labute approximate surface area is 137 Å². The summed E-state index contributed by atoms with van der Waals surface area (Å²) in [6.07, 6.45) is 0.471. The van der Waals surface area contributed by atoms with E-state index >= 15 is 0 Å². The number of hydrogen-bond acceptors (Lipinski definition) is 3. The van der Waals surface area contributed by atoms with Crippen LogP contribution in [0.5, 0.6) is 5.75 Å². The number of nitrogens with one attached hydrogen (secondary N) is 1. The van der Waals surface area contributed by atoms with E-state index in [2.05, 4.69) is 21.2 Å². The van der Waals surface area contributed by atoms with E-state index in [1.807, 2.05) is 18.2 Å². The van der Waals surface area contributed by atoms with Gasteiger partial charge in [0.2, 0.25) is 0 Å². The maximum atomic E-state index is 12.2. The summed E-state index contributed by atoms with van der Waals surface area (Å²) in [6, 6.07) is 5.28. The number of rotatable bonds is 4. The fourth-order valence-electron chi connectivity index (χ4n) is 2.41. The van der Waals surface area contributed by atoms with Crippen LogP contribution in [0.3, 0.4) is 0 Å². The van der Waals surface area contributed by atoms with E-state index in [9.17, 15) is 14.7 Å². The lowest BCUT2D eigenvalue weighted by molar-refractivity contribution is -0.146. The number of carbonyl (C=O) groups is 2. The van der Waals surface area contributed by atoms with Gasteiger partial charge < -0.3 is 20.1 Å². The summed E-state index contributed by atoms with van der Waals surface area (Å²) in [7, 11) is 1.59. The molecule has 0 saturated carbocycles. The highest BCUT2D eigenvalue weighted by molar-refractivity contribution is 9.10. The van der Waals surface area contributed by atoms with Crippen molar-refractivity contribution in [3.63, 3.8) is 0 Å². The van der Waals surface area contributed by atoms with Crippen molar-refractivity contribution in [3.8, 4) is 5.75 Å². The zero-order valence-electron chi connectivity index (χ0n) is 12.6. The number of amides is 2. The van der Waals surface area contributed by atoms with Gasteiger partial charge in [0.25, 0.3) is 0 Å². The van der Waals surface area contributed by atoms with E-state index in [1.54, 1.807) is 18.9 Å². The molecular weight excluding hydrogens is 352 g/mol. The van der Waals surface area contributed by atoms with Crippen molar-refractivity contribution < 1.29 is 19.4 Å². The molecule has 1 unspecified atom stereocenters. The Morgan fingerprint density at radius 3 is 2.82 bits per heavy atom. The molecule has 1 fully saturated rings. The number of carbonyl (C=O) groups excluding carboxylic acids is 1. The van der Waals surface area contributed by atoms with Crippen molar-refractivity contribution in [2.24, 2.45) is 5.41 Å². The van der Waals surface area contributed by atoms with Gasteiger partial charge >= 0.3 is 12.0 Å². The lowest BCUT2D eigenvalue weighted by atomic mass is 9.90. The predicted octanol–water partition coefficient (Wildman–Crippen LogP) is 2.46. The lowest BCUT2D eigenvalue weighted by Gasteiger charge is -2.20. The van der Waals surface area contributed by atoms with E-state index in [4.69, 9.17) is 4.74 Å². The van der Waals surface area contributed by atoms with E-state index in [1.165, 1.54) is 0 Å². The Bertz CT molecular complexity index is 593. The number of carboxylic acids is 1. The number of aliphatic carboxylic acids is 1. The smallest absolute Gasteiger partial charge is 0.317 e. The number of ether oxygens (including phenoxy) is 1. The van der Waals surface area contributed by atoms with Crippen molar-refractivity contribution >= 4 is 27.9 Å². The number of nitrogens with zero attached hydrogens (tertiary/aromatic N) is 1. The SMILES string of the molecule is COc1ccc(Br)c(CNC(=O)N2CCC(C)(C(=O)O)C2)c1. The minimum absolute atomic E-state index is 0.230. The molecule has 120 valence electrons. The molecule has 0 aliphatic carbocycles. The molecule has 1 aliphatic heterocycles. The molecule has 6 nitrogen and oxygen atoms in total. The van der Waals surface area contributed by atoms with Gasteiger partial charge in [-0.1, -0.05) is 15.9 Å². The van der Waals surface area contributed by atoms with E-state index < -0.39 is 11.4 Å². The molecule has 2 amide bonds. The van der Waals surface area contributed by atoms with Crippen LogP contribution in [0.15, 0.2) is 22.7 Å². The molecule has 1 aromatic carbocycles. The Morgan fingerprint density at radius 1 is 1.50 bits per heavy atom. The van der Waals surface area contributed by atoms with Crippen LogP contribution in [0.1, 0.15) is 18.9 Å². The molecule has 2 N–H and O–H groups in total. The summed E-state index contributed by atoms with van der Waals surface area (Å²) >= 11 is 3.43. The highest BCUT2D eigenvalue weighted by atomic mass is 79.9. The van der Waals surface area contributed by atoms with Gasteiger partial charge in [-0.15, -0.1) is 0 Å². The van der Waals surface area contributed by atoms with Gasteiger partial charge in [0.1, 0.15) is 5.75 Å². The topological polar surface area (TPSA) is 78.9 Å². The number of halogens is 1. The predicted molar refractivity (Wildman–Crippen MR) is 84.9 cm³/mol. The fraction of sp³-hybridized carbons (Fsp3) is 0.467. The number of urea groups is 1. The second kappa shape index (κ2) is 6.56. The van der Waals surface area contributed by atoms with Gasteiger partial charge in [0.05, 0.1) is 12.5 Å². The molecule has 7 heteroatoms. The first-order valence-electron chi connectivity index (χ1n) is 6.94. The van der Waals surface area contributed by atoms with E-state index in [0.29, 0.717) is 25.3 Å². The third-order valence-electron chi connectivity index (χ3n) is 3.96. The maximum absolute atomic E-state index is 12.2. The van der Waals surface area contributed by atoms with Crippen LogP contribution in [0.4, 0.5) is 4.79 Å². The monoisotopic (exact) mass is 370 g/mol. The average molecular weight is 371 g/mol. The molecular formula is C15H19BrN2O4. The first kappa shape index (κ1) is 16.6. The number of benzene rings is 1. The molecule has 0 spiro atoms. The Morgan fingerprint density at radius 2 is 2.23 bits per heavy atom. The van der Waals surface area contributed by atoms with Crippen molar-refractivity contribution in [3.05, 3.63) is 28.2 Å². The first-order chi connectivity index (χ1) is 10.4. The van der Waals surface area contributed by atoms with Gasteiger partial charge in [-0.2, -0.15) is 0 Å². The first-order valence-corrected chi connectivity index (χ1v) is 7.73. The third-order valence-corrected chi connectivity index (χ3v) is 4.73. The summed E-state index contributed by atoms with van der Waals surface area (Å²) in [5.41, 5.74) is 0.0429. The maximum Gasteiger partial charge on any atom is 0.317 e. The second-order valence-electron chi connectivity index (χ2n) is 5.65. The molecule has 1 aliphatic rings. The number of likely N-dealkylation sites (tertiary alicyclic amines) is 1. The quantitative estimate of drug-likeness (QED) is 0.852. The van der Waals surface area contributed by atoms with Gasteiger partial charge in [0.15, 0.2) is 0 Å². The highest BCUT2D eigenvalue weighted by Gasteiger charge is 2.42. The highest BCUT2D eigenvalue weighted by Crippen LogP contribution is 2.30. The average Bonchev–Trinajstić information content (AvgIpc) is 2.90. The van der Waals surface area contributed by atoms with Crippen LogP contribution >= 0.6 is 15.9 Å². The lowest BCUT2D eigenvalue weighted by Crippen LogP contribution is -2.40. The van der Waals surface area contributed by atoms with Crippen molar-refractivity contribution in [2.75, 3.05) is 20.2 Å². The van der Waals surface area contributed by atoms with Gasteiger partial charge in [-0.25, -0.2) is 4.79 Å². The Kier molecular flexibility index (Phi) is 4.95. The van der Waals surface area contributed by atoms with Crippen LogP contribution < -0.4 is 10.1 Å². The third kappa shape index (κ3) is 3.52. The zero-order valence-corrected chi connectivity index (χ0v) is 14.1. The van der Waals surface area contributed by atoms with Gasteiger partial charge in [-0.3, -0.25) is 4.79 Å². The summed E-state index contributed by atoms with van der Waals surface area (Å²) in [5, 5.41) is 12.0. The van der Waals surface area contributed by atoms with Crippen LogP contribution in [0.2, 0.25) is 0 Å². The number of methoxy groups -OCH3 is 1. The molecule has 0 radical (unpaired) electrons. The largest absolute Gasteiger partial charge is 0.497 e. The zero-order chi connectivity index (χ0) is 16.3. The Balaban J connectivity index is 1.95. The van der Waals surface area contributed by atoms with E-state index in [0.717, 1.165) is 10.0 Å². The van der Waals surface area contributed by atoms with Crippen LogP contribution in [0, 0.1) is 5.41 Å². The minimum atomic E-state index is -0.863. The minimum Gasteiger partial charge on any atom is -0.497 e. The van der Waals surface area contributed by atoms with Crippen molar-refractivity contribution in [1.82, 2.24) is 10.2 Å². The molecule has 1 aromatic rings. The van der Waals surface area contributed by atoms with Crippen LogP contribution in [-0.4, -0.2) is 42.2 Å². The molecule has 22 heavy (non-hydrogen) atoms. The van der Waals surface area contributed by atoms with Gasteiger partial charge in [-0.05, 0) is 37.1 Å². The molecule has 1 atom stereocenters. The van der Waals surface area contributed by atoms with Crippen molar-refractivity contribution in [1.29, 1.82) is 0 Å². The van der Waals surface area contributed by atoms with Crippen LogP contribution in [-0.2, 0) is 11.3 Å². The summed E-state index contributed by atoms with van der Waals surface area (Å²) in [4.78, 5) is 24.9. The summed E-state index contributed by atoms with van der Waals surface area (Å²) in [5.74, 6) is -0.148. The van der Waals surface area contributed by atoms with Crippen LogP contribution in [0.25, 0.3) is 0 Å². The number of hydrogen-bond donors (Lipinski definition) is 2. The second-order valence-corrected chi connectivity index (χ2v) is 6.51. The normalized spacial score (nSPS) is 20.8. The molecule has 1 saturated heterocycles. The summed E-state index contributed by atoms with van der Waals surface area (Å²) in [6.45, 7) is 2.69. The molecule has 0 bridgehead atoms. The number of carboxylic acid groups (broad SMARTS) is 1. The molecule has 1 heterocycles. The Hall–Kier alpha value is -1.76. The van der Waals surface area contributed by atoms with Gasteiger partial charge in [0, 0.05) is 24.1 Å². The molecule has 2 rings (SSSR count). The standard InChI is InChI=1S/C15H19BrN2O4/c1-15(13(19)20)5-6-18(9-15)14(21)17-8-10-7-11(22-2)3-4-12(10)16/h3-4,7H,5-6,8-9H2,1-2H3,(H,17,21)(H,19,20). The van der Waals surface area contributed by atoms with E-state index in [-0.39, 0.29) is 12.6 Å². The van der Waals surface area contributed by atoms with Crippen molar-refractivity contribution in [2.45, 2.75) is 19.9 Å². The molecule has 0 aromatic heterocycles. The fourth-order valence-corrected chi connectivity index (χ4v) is 2.79. The summed E-state index contributed by atoms with van der Waals surface area (Å²) < 4.78 is 6.04.